The van der Waals surface area contributed by atoms with Gasteiger partial charge in [-0.15, -0.1) is 11.8 Å². The molecule has 0 spiro atoms. The van der Waals surface area contributed by atoms with Crippen LogP contribution in [-0.2, 0) is 6.42 Å². The first-order valence-electron chi connectivity index (χ1n) is 6.71. The molecule has 0 bridgehead atoms. The van der Waals surface area contributed by atoms with E-state index in [1.807, 2.05) is 6.07 Å². The molecule has 22 heavy (non-hydrogen) atoms. The second kappa shape index (κ2) is 5.46. The molecule has 2 atom stereocenters. The molecule has 108 valence electrons. The van der Waals surface area contributed by atoms with Crippen LogP contribution in [0.4, 0.5) is 4.39 Å². The van der Waals surface area contributed by atoms with Crippen molar-refractivity contribution in [2.45, 2.75) is 16.5 Å². The van der Waals surface area contributed by atoms with Gasteiger partial charge in [-0.05, 0) is 34.9 Å². The highest BCUT2D eigenvalue weighted by molar-refractivity contribution is 8.09. The number of hydrogen-bond acceptors (Lipinski definition) is 4. The summed E-state index contributed by atoms with van der Waals surface area (Å²) in [6.45, 7) is 0. The van der Waals surface area contributed by atoms with E-state index in [9.17, 15) is 4.39 Å². The van der Waals surface area contributed by atoms with Crippen molar-refractivity contribution in [3.63, 3.8) is 0 Å². The Kier molecular flexibility index (Phi) is 3.62. The number of nitrogens with zero attached hydrogens (tertiary/aromatic N) is 2. The maximum absolute atomic E-state index is 14.3. The molecule has 1 aliphatic heterocycles. The first-order valence-corrected chi connectivity index (χ1v) is 7.59. The average Bonchev–Trinajstić information content (AvgIpc) is 3.19. The van der Waals surface area contributed by atoms with Crippen molar-refractivity contribution in [2.75, 3.05) is 0 Å². The van der Waals surface area contributed by atoms with Crippen LogP contribution in [0.25, 0.3) is 11.1 Å². The molecule has 0 amide bonds. The first-order chi connectivity index (χ1) is 10.6. The topological polar surface area (TPSA) is 73.6 Å². The summed E-state index contributed by atoms with van der Waals surface area (Å²) in [5.41, 5.74) is 8.40. The molecule has 2 unspecified atom stereocenters. The molecule has 1 heterocycles. The van der Waals surface area contributed by atoms with Crippen LogP contribution in [0.15, 0.2) is 42.5 Å². The number of halogens is 1. The van der Waals surface area contributed by atoms with E-state index in [0.29, 0.717) is 17.5 Å². The number of hydrogen-bond donors (Lipinski definition) is 1. The van der Waals surface area contributed by atoms with Crippen LogP contribution in [0.2, 0.25) is 0 Å². The lowest BCUT2D eigenvalue weighted by atomic mass is 9.97. The molecule has 0 radical (unpaired) electrons. The molecule has 1 fully saturated rings. The molecule has 3 rings (SSSR count). The van der Waals surface area contributed by atoms with Gasteiger partial charge in [0.25, 0.3) is 0 Å². The third-order valence-electron chi connectivity index (χ3n) is 3.78. The monoisotopic (exact) mass is 309 g/mol. The molecule has 2 N–H and O–H groups in total. The summed E-state index contributed by atoms with van der Waals surface area (Å²) in [6.07, 6.45) is 0.314. The van der Waals surface area contributed by atoms with E-state index in [-0.39, 0.29) is 11.2 Å². The number of nitriles is 2. The second-order valence-electron chi connectivity index (χ2n) is 5.21. The molecule has 0 saturated carbocycles. The van der Waals surface area contributed by atoms with Crippen LogP contribution >= 0.6 is 11.8 Å². The highest BCUT2D eigenvalue weighted by Gasteiger charge is 2.54. The molecule has 2 aromatic carbocycles. The number of thioether (sulfide) groups is 1. The van der Waals surface area contributed by atoms with Gasteiger partial charge in [-0.3, -0.25) is 0 Å². The van der Waals surface area contributed by atoms with Crippen LogP contribution in [0.3, 0.4) is 0 Å². The summed E-state index contributed by atoms with van der Waals surface area (Å²) in [4.78, 5) is 0. The van der Waals surface area contributed by atoms with Gasteiger partial charge in [-0.25, -0.2) is 4.39 Å². The highest BCUT2D eigenvalue weighted by atomic mass is 32.2. The fraction of sp³-hybridized carbons (Fsp3) is 0.176. The van der Waals surface area contributed by atoms with Crippen LogP contribution in [0.5, 0.6) is 0 Å². The summed E-state index contributed by atoms with van der Waals surface area (Å²) in [5, 5.41) is 17.7. The van der Waals surface area contributed by atoms with Crippen molar-refractivity contribution in [2.24, 2.45) is 5.73 Å². The molecular formula is C17H12FN3S. The second-order valence-corrected chi connectivity index (χ2v) is 6.68. The molecule has 1 aliphatic rings. The smallest absolute Gasteiger partial charge is 0.132 e. The normalized spacial score (nSPS) is 22.6. The Morgan fingerprint density at radius 1 is 1.14 bits per heavy atom. The van der Waals surface area contributed by atoms with E-state index in [0.717, 1.165) is 11.1 Å². The molecule has 0 aromatic heterocycles. The predicted octanol–water partition coefficient (Wildman–Crippen LogP) is 3.20. The number of benzene rings is 2. The molecule has 0 aliphatic carbocycles. The van der Waals surface area contributed by atoms with E-state index >= 15 is 0 Å². The lowest BCUT2D eigenvalue weighted by Crippen LogP contribution is -2.21. The Hall–Kier alpha value is -2.34. The first kappa shape index (κ1) is 14.6. The zero-order valence-electron chi connectivity index (χ0n) is 11.6. The maximum Gasteiger partial charge on any atom is 0.132 e. The van der Waals surface area contributed by atoms with Gasteiger partial charge in [-0.1, -0.05) is 24.3 Å². The quantitative estimate of drug-likeness (QED) is 0.884. The summed E-state index contributed by atoms with van der Waals surface area (Å²) in [6, 6.07) is 16.2. The van der Waals surface area contributed by atoms with Crippen LogP contribution in [0.1, 0.15) is 11.1 Å². The zero-order chi connectivity index (χ0) is 15.7. The van der Waals surface area contributed by atoms with Gasteiger partial charge >= 0.3 is 0 Å². The van der Waals surface area contributed by atoms with Gasteiger partial charge in [-0.2, -0.15) is 10.5 Å². The Bertz CT molecular complexity index is 804. The number of nitrogens with two attached hydrogens (primary N) is 1. The summed E-state index contributed by atoms with van der Waals surface area (Å²) in [5.74, 6) is -0.337. The summed E-state index contributed by atoms with van der Waals surface area (Å²) < 4.78 is 13.6. The van der Waals surface area contributed by atoms with E-state index in [4.69, 9.17) is 16.3 Å². The van der Waals surface area contributed by atoms with Crippen molar-refractivity contribution < 1.29 is 4.39 Å². The summed E-state index contributed by atoms with van der Waals surface area (Å²) >= 11 is 1.37. The van der Waals surface area contributed by atoms with E-state index in [1.165, 1.54) is 17.8 Å². The SMILES string of the molecule is N#Cc1ccc(-c2ccc(CC3(C#N)SC3N)c(F)c2)cc1. The molecule has 2 aromatic rings. The van der Waals surface area contributed by atoms with Crippen LogP contribution in [-0.4, -0.2) is 10.1 Å². The van der Waals surface area contributed by atoms with Crippen molar-refractivity contribution in [3.8, 4) is 23.3 Å². The third-order valence-corrected chi connectivity index (χ3v) is 5.09. The Morgan fingerprint density at radius 2 is 1.77 bits per heavy atom. The van der Waals surface area contributed by atoms with Gasteiger partial charge in [0.2, 0.25) is 0 Å². The minimum absolute atomic E-state index is 0.241. The number of rotatable bonds is 3. The van der Waals surface area contributed by atoms with Crippen molar-refractivity contribution >= 4 is 11.8 Å². The maximum atomic E-state index is 14.3. The van der Waals surface area contributed by atoms with Gasteiger partial charge in [0.05, 0.1) is 23.1 Å². The van der Waals surface area contributed by atoms with Crippen LogP contribution < -0.4 is 5.73 Å². The lowest BCUT2D eigenvalue weighted by Gasteiger charge is -2.09. The van der Waals surface area contributed by atoms with Gasteiger partial charge in [0.15, 0.2) is 0 Å². The summed E-state index contributed by atoms with van der Waals surface area (Å²) in [7, 11) is 0. The van der Waals surface area contributed by atoms with E-state index in [1.54, 1.807) is 30.3 Å². The van der Waals surface area contributed by atoms with Crippen molar-refractivity contribution in [3.05, 3.63) is 59.4 Å². The largest absolute Gasteiger partial charge is 0.317 e. The zero-order valence-corrected chi connectivity index (χ0v) is 12.4. The minimum Gasteiger partial charge on any atom is -0.317 e. The van der Waals surface area contributed by atoms with Crippen LogP contribution in [0, 0.1) is 28.5 Å². The third kappa shape index (κ3) is 2.57. The predicted molar refractivity (Wildman–Crippen MR) is 84.2 cm³/mol. The van der Waals surface area contributed by atoms with Gasteiger partial charge < -0.3 is 5.73 Å². The average molecular weight is 309 g/mol. The van der Waals surface area contributed by atoms with Crippen molar-refractivity contribution in [1.82, 2.24) is 0 Å². The van der Waals surface area contributed by atoms with Gasteiger partial charge in [0, 0.05) is 6.42 Å². The Morgan fingerprint density at radius 3 is 2.27 bits per heavy atom. The molecular weight excluding hydrogens is 297 g/mol. The standard InChI is InChI=1S/C17H12FN3S/c18-15-7-13(12-3-1-11(9-19)2-4-12)5-6-14(15)8-17(10-20)16(21)22-17/h1-7,16H,8,21H2. The molecule has 1 saturated heterocycles. The van der Waals surface area contributed by atoms with E-state index < -0.39 is 4.75 Å². The highest BCUT2D eigenvalue weighted by Crippen LogP contribution is 2.52. The molecule has 3 nitrogen and oxygen atoms in total. The van der Waals surface area contributed by atoms with Crippen molar-refractivity contribution in [1.29, 1.82) is 10.5 Å². The van der Waals surface area contributed by atoms with Gasteiger partial charge in [0.1, 0.15) is 10.6 Å². The Balaban J connectivity index is 1.86. The fourth-order valence-electron chi connectivity index (χ4n) is 2.35. The molecule has 5 heteroatoms. The Labute approximate surface area is 132 Å². The fourth-order valence-corrected chi connectivity index (χ4v) is 3.17. The minimum atomic E-state index is -0.684. The lowest BCUT2D eigenvalue weighted by molar-refractivity contribution is 0.602. The van der Waals surface area contributed by atoms with E-state index in [2.05, 4.69) is 12.1 Å².